The average Bonchev–Trinajstić information content (AvgIpc) is 2.94. The van der Waals surface area contributed by atoms with E-state index in [1.165, 1.54) is 11.3 Å². The van der Waals surface area contributed by atoms with Crippen LogP contribution in [-0.2, 0) is 16.0 Å². The first kappa shape index (κ1) is 16.4. The van der Waals surface area contributed by atoms with Gasteiger partial charge in [0.25, 0.3) is 0 Å². The molecular weight excluding hydrogens is 334 g/mol. The van der Waals surface area contributed by atoms with E-state index < -0.39 is 0 Å². The summed E-state index contributed by atoms with van der Waals surface area (Å²) in [7, 11) is 0. The summed E-state index contributed by atoms with van der Waals surface area (Å²) < 4.78 is 5.49. The van der Waals surface area contributed by atoms with Gasteiger partial charge in [-0.1, -0.05) is 23.7 Å². The average molecular weight is 352 g/mol. The van der Waals surface area contributed by atoms with E-state index in [1.54, 1.807) is 6.20 Å². The number of anilines is 1. The summed E-state index contributed by atoms with van der Waals surface area (Å²) in [5.41, 5.74) is 1.12. The maximum atomic E-state index is 12.3. The van der Waals surface area contributed by atoms with Gasteiger partial charge in [0.05, 0.1) is 12.7 Å². The van der Waals surface area contributed by atoms with Crippen LogP contribution >= 0.6 is 22.9 Å². The molecule has 122 valence electrons. The van der Waals surface area contributed by atoms with Crippen LogP contribution in [0.4, 0.5) is 5.13 Å². The second kappa shape index (κ2) is 7.40. The number of nitrogens with zero attached hydrogens (tertiary/aromatic N) is 1. The van der Waals surface area contributed by atoms with Gasteiger partial charge in [-0.2, -0.15) is 0 Å². The van der Waals surface area contributed by atoms with Crippen molar-refractivity contribution in [3.05, 3.63) is 45.9 Å². The fourth-order valence-electron chi connectivity index (χ4n) is 2.51. The highest BCUT2D eigenvalue weighted by molar-refractivity contribution is 7.15. The summed E-state index contributed by atoms with van der Waals surface area (Å²) in [4.78, 5) is 17.6. The lowest BCUT2D eigenvalue weighted by Gasteiger charge is -2.28. The highest BCUT2D eigenvalue weighted by Crippen LogP contribution is 2.23. The topological polar surface area (TPSA) is 63.2 Å². The van der Waals surface area contributed by atoms with Crippen LogP contribution in [0.1, 0.15) is 17.4 Å². The maximum Gasteiger partial charge on any atom is 0.245 e. The molecule has 1 fully saturated rings. The van der Waals surface area contributed by atoms with Gasteiger partial charge < -0.3 is 15.4 Å². The molecule has 7 heteroatoms. The Balaban J connectivity index is 1.61. The van der Waals surface area contributed by atoms with E-state index in [2.05, 4.69) is 15.6 Å². The third-order valence-corrected chi connectivity index (χ3v) is 4.80. The van der Waals surface area contributed by atoms with Crippen LogP contribution in [0.3, 0.4) is 0 Å². The number of thiazole rings is 1. The smallest absolute Gasteiger partial charge is 0.245 e. The lowest BCUT2D eigenvalue weighted by Crippen LogP contribution is -2.53. The maximum absolute atomic E-state index is 12.3. The molecule has 1 aromatic carbocycles. The van der Waals surface area contributed by atoms with Gasteiger partial charge in [0.2, 0.25) is 5.91 Å². The quantitative estimate of drug-likeness (QED) is 0.889. The zero-order valence-corrected chi connectivity index (χ0v) is 14.3. The minimum Gasteiger partial charge on any atom is -0.375 e. The Hall–Kier alpha value is -1.47. The van der Waals surface area contributed by atoms with Crippen LogP contribution in [0.25, 0.3) is 0 Å². The zero-order valence-electron chi connectivity index (χ0n) is 12.7. The number of rotatable bonds is 4. The number of amides is 1. The van der Waals surface area contributed by atoms with Crippen LogP contribution in [0.2, 0.25) is 5.02 Å². The third-order valence-electron chi connectivity index (χ3n) is 3.65. The Labute approximate surface area is 144 Å². The van der Waals surface area contributed by atoms with Gasteiger partial charge in [0.1, 0.15) is 6.04 Å². The van der Waals surface area contributed by atoms with Gasteiger partial charge in [-0.3, -0.25) is 4.79 Å². The van der Waals surface area contributed by atoms with Crippen molar-refractivity contribution in [1.29, 1.82) is 0 Å². The number of nitrogens with one attached hydrogen (secondary N) is 2. The minimum absolute atomic E-state index is 0.110. The van der Waals surface area contributed by atoms with Crippen molar-refractivity contribution in [2.24, 2.45) is 0 Å². The number of halogens is 1. The minimum atomic E-state index is -0.343. The van der Waals surface area contributed by atoms with E-state index in [0.29, 0.717) is 18.3 Å². The van der Waals surface area contributed by atoms with E-state index in [4.69, 9.17) is 16.3 Å². The van der Waals surface area contributed by atoms with Crippen LogP contribution in [0.5, 0.6) is 0 Å². The van der Waals surface area contributed by atoms with Gasteiger partial charge >= 0.3 is 0 Å². The number of hydrogen-bond acceptors (Lipinski definition) is 5. The Morgan fingerprint density at radius 3 is 3.22 bits per heavy atom. The van der Waals surface area contributed by atoms with E-state index in [1.807, 2.05) is 31.2 Å². The molecule has 2 aromatic rings. The lowest BCUT2D eigenvalue weighted by atomic mass is 10.1. The SMILES string of the molecule is C[C@H]1OCCN[C@@H]1C(=O)Nc1ncc(Cc2cccc(Cl)c2)s1. The number of ether oxygens (including phenoxy) is 1. The van der Waals surface area contributed by atoms with Crippen molar-refractivity contribution in [3.63, 3.8) is 0 Å². The molecule has 0 radical (unpaired) electrons. The van der Waals surface area contributed by atoms with Crippen molar-refractivity contribution in [1.82, 2.24) is 10.3 Å². The summed E-state index contributed by atoms with van der Waals surface area (Å²) in [5, 5.41) is 7.35. The van der Waals surface area contributed by atoms with Crippen molar-refractivity contribution in [2.45, 2.75) is 25.5 Å². The highest BCUT2D eigenvalue weighted by atomic mass is 35.5. The summed E-state index contributed by atoms with van der Waals surface area (Å²) >= 11 is 7.47. The first-order valence-corrected chi connectivity index (χ1v) is 8.66. The second-order valence-corrected chi connectivity index (χ2v) is 6.99. The fourth-order valence-corrected chi connectivity index (χ4v) is 3.57. The van der Waals surface area contributed by atoms with E-state index in [-0.39, 0.29) is 18.1 Å². The number of hydrogen-bond donors (Lipinski definition) is 2. The molecule has 5 nitrogen and oxygen atoms in total. The molecule has 0 aliphatic carbocycles. The summed E-state index contributed by atoms with van der Waals surface area (Å²) in [5.74, 6) is -0.110. The molecular formula is C16H18ClN3O2S. The number of carbonyl (C=O) groups excluding carboxylic acids is 1. The lowest BCUT2D eigenvalue weighted by molar-refractivity contribution is -0.123. The second-order valence-electron chi connectivity index (χ2n) is 5.44. The normalized spacial score (nSPS) is 21.1. The molecule has 2 N–H and O–H groups in total. The Morgan fingerprint density at radius 2 is 2.43 bits per heavy atom. The van der Waals surface area contributed by atoms with Gasteiger partial charge in [0, 0.05) is 29.1 Å². The fraction of sp³-hybridized carbons (Fsp3) is 0.375. The first-order valence-electron chi connectivity index (χ1n) is 7.47. The van der Waals surface area contributed by atoms with Crippen LogP contribution in [0, 0.1) is 0 Å². The molecule has 1 aliphatic rings. The predicted molar refractivity (Wildman–Crippen MR) is 92.2 cm³/mol. The standard InChI is InChI=1S/C16H18ClN3O2S/c1-10-14(18-5-6-22-10)15(21)20-16-19-9-13(23-16)8-11-3-2-4-12(17)7-11/h2-4,7,9-10,14,18H,5-6,8H2,1H3,(H,19,20,21)/t10-,14+/m1/s1. The molecule has 2 atom stereocenters. The van der Waals surface area contributed by atoms with Crippen molar-refractivity contribution in [2.75, 3.05) is 18.5 Å². The Kier molecular flexibility index (Phi) is 5.27. The number of aromatic nitrogens is 1. The molecule has 2 heterocycles. The van der Waals surface area contributed by atoms with Gasteiger partial charge in [-0.25, -0.2) is 4.98 Å². The predicted octanol–water partition coefficient (Wildman–Crippen LogP) is 2.70. The highest BCUT2D eigenvalue weighted by Gasteiger charge is 2.28. The van der Waals surface area contributed by atoms with Gasteiger partial charge in [-0.05, 0) is 24.6 Å². The van der Waals surface area contributed by atoms with Crippen molar-refractivity contribution >= 4 is 34.0 Å². The zero-order chi connectivity index (χ0) is 16.2. The van der Waals surface area contributed by atoms with E-state index in [0.717, 1.165) is 21.9 Å². The summed E-state index contributed by atoms with van der Waals surface area (Å²) in [6.45, 7) is 3.20. The largest absolute Gasteiger partial charge is 0.375 e. The molecule has 23 heavy (non-hydrogen) atoms. The monoisotopic (exact) mass is 351 g/mol. The van der Waals surface area contributed by atoms with Crippen LogP contribution < -0.4 is 10.6 Å². The summed E-state index contributed by atoms with van der Waals surface area (Å²) in [6.07, 6.45) is 2.39. The van der Waals surface area contributed by atoms with Gasteiger partial charge in [0.15, 0.2) is 5.13 Å². The van der Waals surface area contributed by atoms with Crippen LogP contribution in [0.15, 0.2) is 30.5 Å². The first-order chi connectivity index (χ1) is 11.1. The molecule has 1 amide bonds. The number of carbonyl (C=O) groups is 1. The molecule has 0 unspecified atom stereocenters. The number of morpholine rings is 1. The molecule has 0 bridgehead atoms. The molecule has 0 spiro atoms. The van der Waals surface area contributed by atoms with Crippen LogP contribution in [-0.4, -0.2) is 36.2 Å². The molecule has 1 saturated heterocycles. The molecule has 1 aromatic heterocycles. The van der Waals surface area contributed by atoms with E-state index >= 15 is 0 Å². The van der Waals surface area contributed by atoms with Crippen molar-refractivity contribution < 1.29 is 9.53 Å². The Morgan fingerprint density at radius 1 is 1.57 bits per heavy atom. The molecule has 1 aliphatic heterocycles. The number of benzene rings is 1. The van der Waals surface area contributed by atoms with Gasteiger partial charge in [-0.15, -0.1) is 11.3 Å². The van der Waals surface area contributed by atoms with E-state index in [9.17, 15) is 4.79 Å². The third kappa shape index (κ3) is 4.29. The summed E-state index contributed by atoms with van der Waals surface area (Å²) in [6, 6.07) is 7.39. The molecule has 0 saturated carbocycles. The Bertz CT molecular complexity index is 691. The van der Waals surface area contributed by atoms with Crippen molar-refractivity contribution in [3.8, 4) is 0 Å². The molecule has 3 rings (SSSR count).